The van der Waals surface area contributed by atoms with E-state index in [2.05, 4.69) is 9.97 Å². The number of amides is 1. The van der Waals surface area contributed by atoms with Gasteiger partial charge in [0.15, 0.2) is 0 Å². The number of para-hydroxylation sites is 1. The van der Waals surface area contributed by atoms with Gasteiger partial charge in [-0.05, 0) is 25.0 Å². The van der Waals surface area contributed by atoms with Crippen LogP contribution in [0.5, 0.6) is 0 Å². The Hall–Kier alpha value is -1.92. The number of halogens is 1. The molecule has 132 valence electrons. The fourth-order valence-corrected chi connectivity index (χ4v) is 2.44. The van der Waals surface area contributed by atoms with Gasteiger partial charge in [0, 0.05) is 6.54 Å². The number of aromatic nitrogens is 2. The molecule has 7 heteroatoms. The zero-order chi connectivity index (χ0) is 17.0. The summed E-state index contributed by atoms with van der Waals surface area (Å²) in [5.74, 6) is 0.470. The molecule has 24 heavy (non-hydrogen) atoms. The highest BCUT2D eigenvalue weighted by atomic mass is 35.5. The van der Waals surface area contributed by atoms with Crippen LogP contribution in [0.1, 0.15) is 33.0 Å². The molecule has 1 heterocycles. The van der Waals surface area contributed by atoms with Gasteiger partial charge in [0.05, 0.1) is 23.5 Å². The fourth-order valence-electron chi connectivity index (χ4n) is 2.44. The minimum absolute atomic E-state index is 0. The Balaban J connectivity index is 0.00000288. The van der Waals surface area contributed by atoms with E-state index in [1.165, 1.54) is 0 Å². The van der Waals surface area contributed by atoms with E-state index in [-0.39, 0.29) is 36.3 Å². The number of aromatic amines is 1. The maximum atomic E-state index is 12.5. The van der Waals surface area contributed by atoms with Gasteiger partial charge >= 0.3 is 0 Å². The zero-order valence-electron chi connectivity index (χ0n) is 14.3. The number of hydrogen-bond acceptors (Lipinski definition) is 4. The minimum Gasteiger partial charge on any atom is -0.334 e. The standard InChI is InChI=1S/C17H24N4O2.ClH/c1-4-11(3)15(18)17(23)21(5-2)10-14-19-13-9-7-6-8-12(13)16(22)20-14;/h6-9,11,15H,4-5,10,18H2,1-3H3,(H,19,20,22);1H. The van der Waals surface area contributed by atoms with Crippen molar-refractivity contribution in [1.29, 1.82) is 0 Å². The number of carbonyl (C=O) groups excluding carboxylic acids is 1. The van der Waals surface area contributed by atoms with E-state index in [4.69, 9.17) is 5.73 Å². The van der Waals surface area contributed by atoms with Crippen LogP contribution in [0.3, 0.4) is 0 Å². The molecule has 0 aliphatic carbocycles. The van der Waals surface area contributed by atoms with E-state index in [1.54, 1.807) is 23.1 Å². The van der Waals surface area contributed by atoms with Crippen molar-refractivity contribution < 1.29 is 4.79 Å². The van der Waals surface area contributed by atoms with E-state index in [0.29, 0.717) is 23.3 Å². The summed E-state index contributed by atoms with van der Waals surface area (Å²) < 4.78 is 0. The second kappa shape index (κ2) is 8.80. The van der Waals surface area contributed by atoms with Crippen LogP contribution in [0.25, 0.3) is 10.9 Å². The number of benzene rings is 1. The lowest BCUT2D eigenvalue weighted by Crippen LogP contribution is -2.47. The highest BCUT2D eigenvalue weighted by Gasteiger charge is 2.24. The molecule has 0 bridgehead atoms. The Morgan fingerprint density at radius 3 is 2.62 bits per heavy atom. The molecule has 0 radical (unpaired) electrons. The molecule has 1 amide bonds. The predicted octanol–water partition coefficient (Wildman–Crippen LogP) is 2.07. The third-order valence-electron chi connectivity index (χ3n) is 4.24. The first-order chi connectivity index (χ1) is 11.0. The van der Waals surface area contributed by atoms with Gasteiger partial charge in [-0.25, -0.2) is 4.98 Å². The average Bonchev–Trinajstić information content (AvgIpc) is 2.57. The second-order valence-electron chi connectivity index (χ2n) is 5.79. The highest BCUT2D eigenvalue weighted by Crippen LogP contribution is 2.11. The van der Waals surface area contributed by atoms with Gasteiger partial charge in [-0.15, -0.1) is 12.4 Å². The van der Waals surface area contributed by atoms with Crippen molar-refractivity contribution in [2.45, 2.75) is 39.8 Å². The molecule has 0 saturated heterocycles. The molecule has 0 saturated carbocycles. The maximum absolute atomic E-state index is 12.5. The van der Waals surface area contributed by atoms with E-state index in [0.717, 1.165) is 6.42 Å². The summed E-state index contributed by atoms with van der Waals surface area (Å²) in [5, 5.41) is 0.543. The van der Waals surface area contributed by atoms with Crippen molar-refractivity contribution in [3.8, 4) is 0 Å². The monoisotopic (exact) mass is 352 g/mol. The number of nitrogens with zero attached hydrogens (tertiary/aromatic N) is 2. The molecule has 0 spiro atoms. The highest BCUT2D eigenvalue weighted by molar-refractivity contribution is 5.85. The Morgan fingerprint density at radius 1 is 1.33 bits per heavy atom. The summed E-state index contributed by atoms with van der Waals surface area (Å²) in [6.07, 6.45) is 0.843. The zero-order valence-corrected chi connectivity index (χ0v) is 15.1. The van der Waals surface area contributed by atoms with Crippen molar-refractivity contribution in [1.82, 2.24) is 14.9 Å². The topological polar surface area (TPSA) is 92.1 Å². The average molecular weight is 353 g/mol. The number of H-pyrrole nitrogens is 1. The smallest absolute Gasteiger partial charge is 0.258 e. The SMILES string of the molecule is CCC(C)C(N)C(=O)N(CC)Cc1nc2ccccc2c(=O)[nH]1.Cl. The van der Waals surface area contributed by atoms with Crippen LogP contribution in [0, 0.1) is 5.92 Å². The summed E-state index contributed by atoms with van der Waals surface area (Å²) in [6.45, 7) is 6.63. The summed E-state index contributed by atoms with van der Waals surface area (Å²) >= 11 is 0. The lowest BCUT2D eigenvalue weighted by atomic mass is 9.99. The van der Waals surface area contributed by atoms with E-state index in [9.17, 15) is 9.59 Å². The largest absolute Gasteiger partial charge is 0.334 e. The Bertz CT molecular complexity index is 747. The van der Waals surface area contributed by atoms with Crippen molar-refractivity contribution in [3.63, 3.8) is 0 Å². The van der Waals surface area contributed by atoms with Crippen LogP contribution in [-0.4, -0.2) is 33.4 Å². The molecule has 1 aromatic heterocycles. The van der Waals surface area contributed by atoms with Crippen molar-refractivity contribution in [3.05, 3.63) is 40.4 Å². The summed E-state index contributed by atoms with van der Waals surface area (Å²) in [7, 11) is 0. The summed E-state index contributed by atoms with van der Waals surface area (Å²) in [4.78, 5) is 33.4. The maximum Gasteiger partial charge on any atom is 0.258 e. The van der Waals surface area contributed by atoms with E-state index >= 15 is 0 Å². The second-order valence-corrected chi connectivity index (χ2v) is 5.79. The molecular formula is C17H25ClN4O2. The van der Waals surface area contributed by atoms with Gasteiger partial charge < -0.3 is 15.6 Å². The molecule has 0 aliphatic heterocycles. The quantitative estimate of drug-likeness (QED) is 0.832. The molecule has 0 fully saturated rings. The minimum atomic E-state index is -0.535. The summed E-state index contributed by atoms with van der Waals surface area (Å²) in [6, 6.07) is 6.61. The molecular weight excluding hydrogens is 328 g/mol. The first-order valence-electron chi connectivity index (χ1n) is 8.00. The van der Waals surface area contributed by atoms with Crippen molar-refractivity contribution >= 4 is 29.2 Å². The van der Waals surface area contributed by atoms with Gasteiger partial charge in [0.25, 0.3) is 5.56 Å². The normalized spacial score (nSPS) is 13.2. The van der Waals surface area contributed by atoms with Crippen LogP contribution in [-0.2, 0) is 11.3 Å². The molecule has 1 aromatic carbocycles. The fraction of sp³-hybridized carbons (Fsp3) is 0.471. The number of fused-ring (bicyclic) bond motifs is 1. The third kappa shape index (κ3) is 4.33. The van der Waals surface area contributed by atoms with Gasteiger partial charge in [-0.3, -0.25) is 9.59 Å². The van der Waals surface area contributed by atoms with Crippen molar-refractivity contribution in [2.75, 3.05) is 6.54 Å². The van der Waals surface area contributed by atoms with Gasteiger partial charge in [0.2, 0.25) is 5.91 Å². The molecule has 2 atom stereocenters. The Kier molecular flexibility index (Phi) is 7.38. The lowest BCUT2D eigenvalue weighted by Gasteiger charge is -2.26. The van der Waals surface area contributed by atoms with Gasteiger partial charge in [-0.2, -0.15) is 0 Å². The molecule has 6 nitrogen and oxygen atoms in total. The molecule has 3 N–H and O–H groups in total. The van der Waals surface area contributed by atoms with Crippen LogP contribution in [0.4, 0.5) is 0 Å². The first-order valence-corrected chi connectivity index (χ1v) is 8.00. The van der Waals surface area contributed by atoms with Gasteiger partial charge in [-0.1, -0.05) is 32.4 Å². The lowest BCUT2D eigenvalue weighted by molar-refractivity contribution is -0.134. The first kappa shape index (κ1) is 20.1. The predicted molar refractivity (Wildman–Crippen MR) is 98.1 cm³/mol. The van der Waals surface area contributed by atoms with Crippen LogP contribution in [0.15, 0.2) is 29.1 Å². The van der Waals surface area contributed by atoms with E-state index < -0.39 is 6.04 Å². The van der Waals surface area contributed by atoms with E-state index in [1.807, 2.05) is 26.8 Å². The third-order valence-corrected chi connectivity index (χ3v) is 4.24. The Labute approximate surface area is 147 Å². The molecule has 2 unspecified atom stereocenters. The van der Waals surface area contributed by atoms with Crippen molar-refractivity contribution in [2.24, 2.45) is 11.7 Å². The molecule has 0 aliphatic rings. The molecule has 2 aromatic rings. The van der Waals surface area contributed by atoms with Crippen LogP contribution in [0.2, 0.25) is 0 Å². The number of hydrogen-bond donors (Lipinski definition) is 2. The van der Waals surface area contributed by atoms with Crippen LogP contribution >= 0.6 is 12.4 Å². The summed E-state index contributed by atoms with van der Waals surface area (Å²) in [5.41, 5.74) is 6.47. The van der Waals surface area contributed by atoms with Gasteiger partial charge in [0.1, 0.15) is 5.82 Å². The number of likely N-dealkylation sites (N-methyl/N-ethyl adjacent to an activating group) is 1. The number of rotatable bonds is 6. The molecule has 2 rings (SSSR count). The van der Waals surface area contributed by atoms with Crippen LogP contribution < -0.4 is 11.3 Å². The number of carbonyl (C=O) groups is 1. The number of nitrogens with one attached hydrogen (secondary N) is 1. The number of nitrogens with two attached hydrogens (primary N) is 1. The Morgan fingerprint density at radius 2 is 2.00 bits per heavy atom.